The number of carbonyl (C=O) groups is 1. The average Bonchev–Trinajstić information content (AvgIpc) is 3.56. The van der Waals surface area contributed by atoms with E-state index in [0.717, 1.165) is 33.6 Å². The summed E-state index contributed by atoms with van der Waals surface area (Å²) in [7, 11) is 0. The highest BCUT2D eigenvalue weighted by atomic mass is 32.1. The van der Waals surface area contributed by atoms with Gasteiger partial charge in [0.05, 0.1) is 17.4 Å². The Hall–Kier alpha value is -4.71. The highest BCUT2D eigenvalue weighted by Crippen LogP contribution is 2.25. The average molecular weight is 607 g/mol. The number of urea groups is 1. The SMILES string of the molecule is Cc1cc(C)c(-n2c(C)cs/c2=N\C(=O)NC(C)c2ccc(-c3ncn(-c4ccc(OC(F)(F)F)cc4)n3)cc2)c(C)c1. The van der Waals surface area contributed by atoms with Crippen LogP contribution in [0.2, 0.25) is 0 Å². The van der Waals surface area contributed by atoms with E-state index in [1.807, 2.05) is 48.1 Å². The normalized spacial score (nSPS) is 12.8. The molecule has 3 aromatic carbocycles. The van der Waals surface area contributed by atoms with Gasteiger partial charge in [-0.2, -0.15) is 4.99 Å². The van der Waals surface area contributed by atoms with Crippen LogP contribution in [0.25, 0.3) is 22.8 Å². The number of ether oxygens (including phenoxy) is 1. The Morgan fingerprint density at radius 2 is 1.65 bits per heavy atom. The summed E-state index contributed by atoms with van der Waals surface area (Å²) in [5, 5.41) is 9.37. The smallest absolute Gasteiger partial charge is 0.406 e. The van der Waals surface area contributed by atoms with Gasteiger partial charge in [0.15, 0.2) is 10.6 Å². The van der Waals surface area contributed by atoms with Crippen molar-refractivity contribution in [3.63, 3.8) is 0 Å². The second-order valence-electron chi connectivity index (χ2n) is 10.2. The quantitative estimate of drug-likeness (QED) is 0.220. The second-order valence-corrected chi connectivity index (χ2v) is 11.0. The molecule has 2 amide bonds. The molecule has 1 N–H and O–H groups in total. The molecular formula is C31H29F3N6O2S. The summed E-state index contributed by atoms with van der Waals surface area (Å²) in [5.74, 6) is 0.121. The zero-order chi connectivity index (χ0) is 30.9. The minimum absolute atomic E-state index is 0.314. The van der Waals surface area contributed by atoms with Gasteiger partial charge in [0.25, 0.3) is 0 Å². The molecule has 222 valence electrons. The third kappa shape index (κ3) is 6.86. The lowest BCUT2D eigenvalue weighted by molar-refractivity contribution is -0.274. The zero-order valence-electron chi connectivity index (χ0n) is 24.1. The number of nitrogens with zero attached hydrogens (tertiary/aromatic N) is 5. The molecule has 43 heavy (non-hydrogen) atoms. The highest BCUT2D eigenvalue weighted by molar-refractivity contribution is 7.07. The summed E-state index contributed by atoms with van der Waals surface area (Å²) in [6.45, 7) is 10.1. The maximum Gasteiger partial charge on any atom is 0.573 e. The van der Waals surface area contributed by atoms with Crippen LogP contribution in [0, 0.1) is 27.7 Å². The number of alkyl halides is 3. The summed E-state index contributed by atoms with van der Waals surface area (Å²) in [6, 6.07) is 16.3. The van der Waals surface area contributed by atoms with Gasteiger partial charge >= 0.3 is 12.4 Å². The van der Waals surface area contributed by atoms with Gasteiger partial charge in [0, 0.05) is 16.6 Å². The Bertz CT molecular complexity index is 1810. The lowest BCUT2D eigenvalue weighted by Gasteiger charge is -2.15. The van der Waals surface area contributed by atoms with Crippen LogP contribution in [0.15, 0.2) is 77.4 Å². The number of hydrogen-bond donors (Lipinski definition) is 1. The lowest BCUT2D eigenvalue weighted by atomic mass is 10.0. The van der Waals surface area contributed by atoms with Crippen LogP contribution in [0.3, 0.4) is 0 Å². The Labute approximate surface area is 250 Å². The predicted molar refractivity (Wildman–Crippen MR) is 159 cm³/mol. The van der Waals surface area contributed by atoms with E-state index in [1.165, 1.54) is 52.2 Å². The van der Waals surface area contributed by atoms with Crippen molar-refractivity contribution in [2.24, 2.45) is 4.99 Å². The fourth-order valence-corrected chi connectivity index (χ4v) is 5.75. The molecule has 5 rings (SSSR count). The minimum atomic E-state index is -4.75. The Morgan fingerprint density at radius 1 is 1.00 bits per heavy atom. The molecule has 2 heterocycles. The van der Waals surface area contributed by atoms with Crippen LogP contribution in [0.1, 0.15) is 40.9 Å². The maximum atomic E-state index is 13.0. The zero-order valence-corrected chi connectivity index (χ0v) is 24.9. The number of thiazole rings is 1. The largest absolute Gasteiger partial charge is 0.573 e. The van der Waals surface area contributed by atoms with Gasteiger partial charge in [-0.15, -0.1) is 29.6 Å². The molecule has 1 unspecified atom stereocenters. The number of halogens is 3. The third-order valence-electron chi connectivity index (χ3n) is 6.77. The van der Waals surface area contributed by atoms with E-state index in [4.69, 9.17) is 0 Å². The van der Waals surface area contributed by atoms with Crippen molar-refractivity contribution in [3.05, 3.63) is 105 Å². The molecule has 8 nitrogen and oxygen atoms in total. The van der Waals surface area contributed by atoms with E-state index < -0.39 is 12.4 Å². The van der Waals surface area contributed by atoms with Crippen LogP contribution in [0.5, 0.6) is 5.75 Å². The number of benzene rings is 3. The standard InChI is InChI=1S/C31H29F3N6O2S/c1-18-14-19(2)27(20(3)15-18)40-21(4)16-43-30(40)37-29(41)36-22(5)23-6-8-24(9-7-23)28-35-17-39(38-28)25-10-12-26(13-11-25)42-31(32,33)34/h6-17,22H,1-5H3,(H,36,41)/b37-30-. The van der Waals surface area contributed by atoms with E-state index in [-0.39, 0.29) is 11.8 Å². The van der Waals surface area contributed by atoms with Gasteiger partial charge < -0.3 is 10.1 Å². The van der Waals surface area contributed by atoms with Crippen LogP contribution < -0.4 is 14.9 Å². The summed E-state index contributed by atoms with van der Waals surface area (Å²) in [5.41, 5.74) is 7.57. The molecule has 0 aliphatic carbocycles. The number of rotatable bonds is 6. The minimum Gasteiger partial charge on any atom is -0.406 e. The topological polar surface area (TPSA) is 86.3 Å². The number of aromatic nitrogens is 4. The molecule has 0 aliphatic heterocycles. The number of amides is 2. The molecule has 0 bridgehead atoms. The number of carbonyl (C=O) groups excluding carboxylic acids is 1. The first-order valence-electron chi connectivity index (χ1n) is 13.4. The van der Waals surface area contributed by atoms with Gasteiger partial charge in [-0.1, -0.05) is 42.0 Å². The van der Waals surface area contributed by atoms with Crippen molar-refractivity contribution in [1.29, 1.82) is 0 Å². The Morgan fingerprint density at radius 3 is 2.28 bits per heavy atom. The summed E-state index contributed by atoms with van der Waals surface area (Å²) >= 11 is 1.41. The lowest BCUT2D eigenvalue weighted by Crippen LogP contribution is -2.27. The van der Waals surface area contributed by atoms with Gasteiger partial charge in [-0.3, -0.25) is 4.57 Å². The van der Waals surface area contributed by atoms with Gasteiger partial charge in [-0.05, 0) is 75.6 Å². The highest BCUT2D eigenvalue weighted by Gasteiger charge is 2.31. The summed E-state index contributed by atoms with van der Waals surface area (Å²) < 4.78 is 44.6. The van der Waals surface area contributed by atoms with E-state index in [9.17, 15) is 18.0 Å². The van der Waals surface area contributed by atoms with Crippen LogP contribution in [-0.4, -0.2) is 31.7 Å². The van der Waals surface area contributed by atoms with E-state index in [0.29, 0.717) is 16.3 Å². The second kappa shape index (κ2) is 11.9. The van der Waals surface area contributed by atoms with Crippen molar-refractivity contribution in [2.45, 2.75) is 47.0 Å². The number of aryl methyl sites for hydroxylation is 4. The van der Waals surface area contributed by atoms with Gasteiger partial charge in [0.1, 0.15) is 12.1 Å². The molecule has 2 aromatic heterocycles. The van der Waals surface area contributed by atoms with Crippen molar-refractivity contribution >= 4 is 17.4 Å². The van der Waals surface area contributed by atoms with Gasteiger partial charge in [0.2, 0.25) is 0 Å². The predicted octanol–water partition coefficient (Wildman–Crippen LogP) is 7.29. The first-order chi connectivity index (χ1) is 20.4. The Kier molecular flexibility index (Phi) is 8.23. The van der Waals surface area contributed by atoms with Crippen LogP contribution in [0.4, 0.5) is 18.0 Å². The van der Waals surface area contributed by atoms with Crippen LogP contribution >= 0.6 is 11.3 Å². The molecule has 12 heteroatoms. The van der Waals surface area contributed by atoms with Crippen molar-refractivity contribution in [3.8, 4) is 28.5 Å². The molecular weight excluding hydrogens is 577 g/mol. The molecule has 0 saturated heterocycles. The summed E-state index contributed by atoms with van der Waals surface area (Å²) in [4.78, 5) is 22.3. The molecule has 5 aromatic rings. The first-order valence-corrected chi connectivity index (χ1v) is 14.2. The van der Waals surface area contributed by atoms with Crippen molar-refractivity contribution in [1.82, 2.24) is 24.6 Å². The van der Waals surface area contributed by atoms with Crippen molar-refractivity contribution in [2.75, 3.05) is 0 Å². The molecule has 1 atom stereocenters. The number of nitrogens with one attached hydrogen (secondary N) is 1. The fourth-order valence-electron chi connectivity index (χ4n) is 4.90. The van der Waals surface area contributed by atoms with Gasteiger partial charge in [-0.25, -0.2) is 14.5 Å². The van der Waals surface area contributed by atoms with Crippen LogP contribution in [-0.2, 0) is 0 Å². The first kappa shape index (κ1) is 29.8. The van der Waals surface area contributed by atoms with E-state index >= 15 is 0 Å². The Balaban J connectivity index is 1.28. The molecule has 0 aliphatic rings. The third-order valence-corrected chi connectivity index (χ3v) is 7.71. The fraction of sp³-hybridized carbons (Fsp3) is 0.226. The number of hydrogen-bond acceptors (Lipinski definition) is 5. The molecule has 0 spiro atoms. The summed E-state index contributed by atoms with van der Waals surface area (Å²) in [6.07, 6.45) is -3.28. The molecule has 0 fully saturated rings. The van der Waals surface area contributed by atoms with E-state index in [1.54, 1.807) is 0 Å². The van der Waals surface area contributed by atoms with E-state index in [2.05, 4.69) is 58.0 Å². The molecule has 0 radical (unpaired) electrons. The molecule has 0 saturated carbocycles. The monoisotopic (exact) mass is 606 g/mol. The maximum absolute atomic E-state index is 13.0. The van der Waals surface area contributed by atoms with Crippen molar-refractivity contribution < 1.29 is 22.7 Å².